The van der Waals surface area contributed by atoms with Crippen LogP contribution in [0.25, 0.3) is 22.3 Å². The number of aromatic nitrogens is 4. The SMILES string of the molecule is CC(C=O)Cc1cccc(C2(CF)CCCC(C)(C)CSCCc3c(c(F)cc4[nH]ccc34)Oc3ccc(F)c(c3)-c3nc2nn3C)c1. The third-order valence-electron chi connectivity index (χ3n) is 9.40. The molecule has 0 saturated heterocycles. The number of thioether (sulfide) groups is 1. The lowest BCUT2D eigenvalue weighted by Gasteiger charge is -2.31. The molecular weight excluding hydrogens is 634 g/mol. The number of alkyl halides is 1. The van der Waals surface area contributed by atoms with Crippen LogP contribution in [0.1, 0.15) is 62.5 Å². The molecule has 6 rings (SSSR count). The molecule has 252 valence electrons. The molecule has 0 aliphatic carbocycles. The Balaban J connectivity index is 1.49. The van der Waals surface area contributed by atoms with E-state index in [0.29, 0.717) is 31.2 Å². The fourth-order valence-corrected chi connectivity index (χ4v) is 7.92. The lowest BCUT2D eigenvalue weighted by Crippen LogP contribution is -2.33. The second kappa shape index (κ2) is 13.8. The summed E-state index contributed by atoms with van der Waals surface area (Å²) in [7, 11) is 1.66. The van der Waals surface area contributed by atoms with Crippen molar-refractivity contribution in [3.8, 4) is 22.9 Å². The molecule has 6 nitrogen and oxygen atoms in total. The minimum atomic E-state index is -1.19. The Morgan fingerprint density at radius 3 is 2.73 bits per heavy atom. The molecule has 1 N–H and O–H groups in total. The predicted octanol–water partition coefficient (Wildman–Crippen LogP) is 9.15. The molecule has 1 aliphatic heterocycles. The third kappa shape index (κ3) is 6.77. The zero-order valence-corrected chi connectivity index (χ0v) is 28.6. The summed E-state index contributed by atoms with van der Waals surface area (Å²) >= 11 is 1.80. The minimum absolute atomic E-state index is 0.0622. The highest BCUT2D eigenvalue weighted by Crippen LogP contribution is 2.42. The summed E-state index contributed by atoms with van der Waals surface area (Å²) in [6.07, 6.45) is 5.78. The monoisotopic (exact) mass is 674 g/mol. The summed E-state index contributed by atoms with van der Waals surface area (Å²) < 4.78 is 54.6. The Kier molecular flexibility index (Phi) is 9.74. The second-order valence-corrected chi connectivity index (χ2v) is 14.9. The molecule has 0 radical (unpaired) electrons. The van der Waals surface area contributed by atoms with E-state index in [1.54, 1.807) is 25.0 Å². The van der Waals surface area contributed by atoms with Gasteiger partial charge in [0.25, 0.3) is 0 Å². The van der Waals surface area contributed by atoms with Crippen molar-refractivity contribution in [2.24, 2.45) is 18.4 Å². The number of nitrogens with one attached hydrogen (secondary N) is 1. The summed E-state index contributed by atoms with van der Waals surface area (Å²) in [4.78, 5) is 19.4. The Morgan fingerprint density at radius 2 is 1.94 bits per heavy atom. The van der Waals surface area contributed by atoms with Crippen LogP contribution in [-0.2, 0) is 30.1 Å². The second-order valence-electron chi connectivity index (χ2n) is 13.8. The summed E-state index contributed by atoms with van der Waals surface area (Å²) in [6.45, 7) is 5.52. The number of hydrogen-bond donors (Lipinski definition) is 1. The number of carbonyl (C=O) groups is 1. The van der Waals surface area contributed by atoms with Gasteiger partial charge in [-0.2, -0.15) is 16.9 Å². The number of halogens is 3. The molecule has 2 unspecified atom stereocenters. The van der Waals surface area contributed by atoms with E-state index in [-0.39, 0.29) is 40.0 Å². The minimum Gasteiger partial charge on any atom is -0.454 e. The van der Waals surface area contributed by atoms with Crippen molar-refractivity contribution in [2.45, 2.75) is 58.3 Å². The molecule has 3 aromatic carbocycles. The maximum absolute atomic E-state index is 15.7. The molecule has 2 atom stereocenters. The van der Waals surface area contributed by atoms with Crippen LogP contribution < -0.4 is 4.74 Å². The molecule has 3 heterocycles. The van der Waals surface area contributed by atoms with E-state index in [2.05, 4.69) is 18.8 Å². The molecule has 48 heavy (non-hydrogen) atoms. The zero-order chi connectivity index (χ0) is 34.1. The number of rotatable bonds is 5. The van der Waals surface area contributed by atoms with Crippen molar-refractivity contribution in [3.63, 3.8) is 0 Å². The van der Waals surface area contributed by atoms with Crippen molar-refractivity contribution in [3.05, 3.63) is 94.9 Å². The highest BCUT2D eigenvalue weighted by atomic mass is 32.2. The van der Waals surface area contributed by atoms with Crippen LogP contribution in [0.2, 0.25) is 0 Å². The molecule has 0 spiro atoms. The van der Waals surface area contributed by atoms with E-state index in [9.17, 15) is 4.79 Å². The first-order valence-electron chi connectivity index (χ1n) is 16.4. The smallest absolute Gasteiger partial charge is 0.168 e. The van der Waals surface area contributed by atoms with Gasteiger partial charge >= 0.3 is 0 Å². The van der Waals surface area contributed by atoms with Crippen LogP contribution in [-0.4, -0.2) is 44.2 Å². The number of fused-ring (bicyclic) bond motifs is 8. The van der Waals surface area contributed by atoms with E-state index in [1.807, 2.05) is 37.3 Å². The summed E-state index contributed by atoms with van der Waals surface area (Å²) in [5, 5.41) is 5.60. The van der Waals surface area contributed by atoms with E-state index in [0.717, 1.165) is 46.3 Å². The van der Waals surface area contributed by atoms with Crippen molar-refractivity contribution in [1.29, 1.82) is 0 Å². The van der Waals surface area contributed by atoms with Gasteiger partial charge in [0.1, 0.15) is 24.5 Å². The normalized spacial score (nSPS) is 19.1. The number of aryl methyl sites for hydroxylation is 2. The van der Waals surface area contributed by atoms with Gasteiger partial charge in [-0.3, -0.25) is 0 Å². The van der Waals surface area contributed by atoms with Crippen LogP contribution in [0.5, 0.6) is 11.5 Å². The molecule has 5 aromatic rings. The van der Waals surface area contributed by atoms with E-state index in [1.165, 1.54) is 28.9 Å². The highest BCUT2D eigenvalue weighted by Gasteiger charge is 2.40. The maximum Gasteiger partial charge on any atom is 0.168 e. The van der Waals surface area contributed by atoms with Crippen molar-refractivity contribution >= 4 is 29.0 Å². The molecule has 10 heteroatoms. The van der Waals surface area contributed by atoms with Crippen LogP contribution in [0.3, 0.4) is 0 Å². The van der Waals surface area contributed by atoms with Gasteiger partial charge in [-0.05, 0) is 78.0 Å². The Morgan fingerprint density at radius 1 is 1.10 bits per heavy atom. The lowest BCUT2D eigenvalue weighted by molar-refractivity contribution is -0.110. The number of aldehydes is 1. The van der Waals surface area contributed by atoms with Gasteiger partial charge < -0.3 is 14.5 Å². The summed E-state index contributed by atoms with van der Waals surface area (Å²) in [5.74, 6) is 1.18. The zero-order valence-electron chi connectivity index (χ0n) is 27.8. The number of H-pyrrole nitrogens is 1. The molecule has 4 bridgehead atoms. The fraction of sp³-hybridized carbons (Fsp3) is 0.395. The highest BCUT2D eigenvalue weighted by molar-refractivity contribution is 7.99. The number of aromatic amines is 1. The standard InChI is InChI=1S/C38H41F3N4O2S/c1-24(21-46)17-25-7-5-8-26(18-25)38(22-39)14-6-13-37(2,3)23-48-16-12-29-28-11-15-42-33(28)20-32(41)34(29)47-27-9-10-31(40)30(19-27)35-43-36(38)44-45(35)4/h5,7-11,15,18-21,24,42H,6,12-14,16-17,22-23H2,1-4H3. The number of ether oxygens (including phenoxy) is 1. The molecule has 0 amide bonds. The number of nitrogens with zero attached hydrogens (tertiary/aromatic N) is 3. The predicted molar refractivity (Wildman–Crippen MR) is 186 cm³/mol. The van der Waals surface area contributed by atoms with Crippen molar-refractivity contribution in [2.75, 3.05) is 18.2 Å². The van der Waals surface area contributed by atoms with Crippen LogP contribution >= 0.6 is 11.8 Å². The topological polar surface area (TPSA) is 72.8 Å². The summed E-state index contributed by atoms with van der Waals surface area (Å²) in [6, 6.07) is 15.2. The van der Waals surface area contributed by atoms with E-state index in [4.69, 9.17) is 14.8 Å². The summed E-state index contributed by atoms with van der Waals surface area (Å²) in [5.41, 5.74) is 1.94. The Bertz CT molecular complexity index is 1940. The van der Waals surface area contributed by atoms with Gasteiger partial charge in [-0.15, -0.1) is 0 Å². The van der Waals surface area contributed by atoms with Gasteiger partial charge in [0, 0.05) is 41.7 Å². The van der Waals surface area contributed by atoms with E-state index < -0.39 is 23.7 Å². The molecule has 0 saturated carbocycles. The first-order valence-corrected chi connectivity index (χ1v) is 17.6. The molecule has 2 aromatic heterocycles. The Labute approximate surface area is 283 Å². The third-order valence-corrected chi connectivity index (χ3v) is 10.9. The van der Waals surface area contributed by atoms with Gasteiger partial charge in [0.05, 0.1) is 11.0 Å². The van der Waals surface area contributed by atoms with Crippen molar-refractivity contribution in [1.82, 2.24) is 19.7 Å². The number of carbonyl (C=O) groups excluding carboxylic acids is 1. The number of hydrogen-bond acceptors (Lipinski definition) is 5. The number of benzene rings is 3. The maximum atomic E-state index is 15.7. The lowest BCUT2D eigenvalue weighted by atomic mass is 9.74. The van der Waals surface area contributed by atoms with Crippen LogP contribution in [0, 0.1) is 23.0 Å². The van der Waals surface area contributed by atoms with Gasteiger partial charge in [0.2, 0.25) is 0 Å². The first-order chi connectivity index (χ1) is 23.0. The van der Waals surface area contributed by atoms with Crippen LogP contribution in [0.4, 0.5) is 13.2 Å². The average Bonchev–Trinajstić information content (AvgIpc) is 3.69. The van der Waals surface area contributed by atoms with Gasteiger partial charge in [0.15, 0.2) is 23.2 Å². The molecule has 1 aliphatic rings. The van der Waals surface area contributed by atoms with Gasteiger partial charge in [-0.1, -0.05) is 51.5 Å². The quantitative estimate of drug-likeness (QED) is 0.188. The van der Waals surface area contributed by atoms with Gasteiger partial charge in [-0.25, -0.2) is 22.8 Å². The fourth-order valence-electron chi connectivity index (χ4n) is 6.73. The largest absolute Gasteiger partial charge is 0.454 e. The Hall–Kier alpha value is -4.05. The molecular formula is C38H41F3N4O2S. The average molecular weight is 675 g/mol. The first kappa shape index (κ1) is 33.8. The van der Waals surface area contributed by atoms with Crippen molar-refractivity contribution < 1.29 is 22.7 Å². The van der Waals surface area contributed by atoms with E-state index >= 15 is 13.2 Å². The molecule has 0 fully saturated rings. The van der Waals surface area contributed by atoms with Crippen LogP contribution in [0.15, 0.2) is 60.8 Å².